The van der Waals surface area contributed by atoms with E-state index in [0.717, 1.165) is 47.1 Å². The van der Waals surface area contributed by atoms with Gasteiger partial charge in [-0.3, -0.25) is 20.2 Å². The van der Waals surface area contributed by atoms with Crippen LogP contribution >= 0.6 is 11.3 Å². The molecule has 2 N–H and O–H groups in total. The number of para-hydroxylation sites is 1. The Labute approximate surface area is 212 Å². The number of nitro benzene ring substituents is 1. The first kappa shape index (κ1) is 23.7. The van der Waals surface area contributed by atoms with Crippen LogP contribution in [0.1, 0.15) is 58.1 Å². The monoisotopic (exact) mass is 499 g/mol. The third kappa shape index (κ3) is 4.26. The molecule has 2 atom stereocenters. The van der Waals surface area contributed by atoms with Gasteiger partial charge in [-0.25, -0.2) is 4.98 Å². The number of terminal acetylenes is 1. The first-order chi connectivity index (χ1) is 17.5. The summed E-state index contributed by atoms with van der Waals surface area (Å²) >= 11 is 1.26. The molecule has 0 fully saturated rings. The number of benzene rings is 2. The molecule has 0 spiro atoms. The molecule has 1 amide bonds. The highest BCUT2D eigenvalue weighted by molar-refractivity contribution is 7.10. The van der Waals surface area contributed by atoms with E-state index in [1.807, 2.05) is 23.1 Å². The summed E-state index contributed by atoms with van der Waals surface area (Å²) in [5.74, 6) is 2.26. The van der Waals surface area contributed by atoms with E-state index in [2.05, 4.69) is 34.2 Å². The minimum Gasteiger partial charge on any atom is -0.356 e. The molecule has 3 heterocycles. The largest absolute Gasteiger partial charge is 0.356 e. The molecule has 0 aliphatic carbocycles. The second-order valence-corrected chi connectivity index (χ2v) is 9.59. The molecule has 1 aliphatic heterocycles. The van der Waals surface area contributed by atoms with Gasteiger partial charge >= 0.3 is 0 Å². The van der Waals surface area contributed by atoms with Crippen molar-refractivity contribution in [2.75, 3.05) is 6.54 Å². The van der Waals surface area contributed by atoms with Crippen molar-refractivity contribution in [1.29, 1.82) is 0 Å². The standard InChI is InChI=1S/C27H25N5O3S/c1-3-5-14-28-23-15-20-19-8-6-7-9-21(19)30-25(20)26(17-10-12-18(13-11-17)32(34)35)31(23)27(33)22-16-36-24(4-2)29-22/h2,6-13,16,23,26,28,30H,3,5,14-15H2,1H3/t23-,26+/m1/s1. The number of fused-ring (bicyclic) bond motifs is 3. The number of carbonyl (C=O) groups is 1. The van der Waals surface area contributed by atoms with E-state index in [1.54, 1.807) is 17.5 Å². The number of carbonyl (C=O) groups excluding carboxylic acids is 1. The molecule has 5 rings (SSSR count). The van der Waals surface area contributed by atoms with Gasteiger partial charge in [0.05, 0.1) is 17.1 Å². The number of aromatic amines is 1. The SMILES string of the molecule is C#Cc1nc(C(=O)N2[C@@H](c3ccc([N+](=O)[O-])cc3)c3[nH]c4ccccc4c3C[C@@H]2NCCCC)cs1. The Morgan fingerprint density at radius 3 is 2.78 bits per heavy atom. The number of hydrogen-bond donors (Lipinski definition) is 2. The number of nitro groups is 1. The minimum absolute atomic E-state index is 0.0000836. The molecule has 8 nitrogen and oxygen atoms in total. The molecule has 4 aromatic rings. The van der Waals surface area contributed by atoms with E-state index in [0.29, 0.717) is 17.1 Å². The number of nitrogens with one attached hydrogen (secondary N) is 2. The Morgan fingerprint density at radius 2 is 2.08 bits per heavy atom. The predicted molar refractivity (Wildman–Crippen MR) is 140 cm³/mol. The van der Waals surface area contributed by atoms with Gasteiger partial charge in [0.15, 0.2) is 5.01 Å². The van der Waals surface area contributed by atoms with Crippen LogP contribution in [0, 0.1) is 22.5 Å². The van der Waals surface area contributed by atoms with Crippen molar-refractivity contribution in [2.45, 2.75) is 38.4 Å². The van der Waals surface area contributed by atoms with Crippen molar-refractivity contribution >= 4 is 33.8 Å². The van der Waals surface area contributed by atoms with Crippen molar-refractivity contribution in [3.05, 3.63) is 91.5 Å². The Balaban J connectivity index is 1.68. The van der Waals surface area contributed by atoms with Crippen molar-refractivity contribution in [1.82, 2.24) is 20.2 Å². The number of amides is 1. The maximum absolute atomic E-state index is 14.0. The lowest BCUT2D eigenvalue weighted by atomic mass is 9.90. The zero-order valence-corrected chi connectivity index (χ0v) is 20.5. The summed E-state index contributed by atoms with van der Waals surface area (Å²) in [4.78, 5) is 34.6. The summed E-state index contributed by atoms with van der Waals surface area (Å²) in [7, 11) is 0. The van der Waals surface area contributed by atoms with Crippen molar-refractivity contribution in [3.8, 4) is 12.3 Å². The summed E-state index contributed by atoms with van der Waals surface area (Å²) < 4.78 is 0. The van der Waals surface area contributed by atoms with Crippen molar-refractivity contribution in [2.24, 2.45) is 0 Å². The summed E-state index contributed by atoms with van der Waals surface area (Å²) in [6.07, 6.45) is 7.83. The van der Waals surface area contributed by atoms with E-state index < -0.39 is 11.0 Å². The van der Waals surface area contributed by atoms with Gasteiger partial charge in [0, 0.05) is 40.5 Å². The highest BCUT2D eigenvalue weighted by Crippen LogP contribution is 2.41. The van der Waals surface area contributed by atoms with Gasteiger partial charge in [-0.05, 0) is 48.2 Å². The molecule has 36 heavy (non-hydrogen) atoms. The normalized spacial score (nSPS) is 17.1. The van der Waals surface area contributed by atoms with Crippen LogP contribution in [0.2, 0.25) is 0 Å². The van der Waals surface area contributed by atoms with E-state index >= 15 is 0 Å². The minimum atomic E-state index is -0.496. The average molecular weight is 500 g/mol. The fraction of sp³-hybridized carbons (Fsp3) is 0.259. The summed E-state index contributed by atoms with van der Waals surface area (Å²) in [5, 5.41) is 18.1. The number of H-pyrrole nitrogens is 1. The topological polar surface area (TPSA) is 104 Å². The zero-order valence-electron chi connectivity index (χ0n) is 19.7. The molecule has 0 unspecified atom stereocenters. The maximum atomic E-state index is 14.0. The Hall–Kier alpha value is -4.00. The lowest BCUT2D eigenvalue weighted by Crippen LogP contribution is -2.54. The summed E-state index contributed by atoms with van der Waals surface area (Å²) in [6.45, 7) is 2.88. The second kappa shape index (κ2) is 9.93. The maximum Gasteiger partial charge on any atom is 0.275 e. The van der Waals surface area contributed by atoms with E-state index in [9.17, 15) is 14.9 Å². The van der Waals surface area contributed by atoms with Crippen LogP contribution in [0.5, 0.6) is 0 Å². The van der Waals surface area contributed by atoms with Gasteiger partial charge in [0.1, 0.15) is 5.69 Å². The number of non-ortho nitro benzene ring substituents is 1. The first-order valence-electron chi connectivity index (χ1n) is 11.8. The van der Waals surface area contributed by atoms with E-state index in [-0.39, 0.29) is 17.8 Å². The molecule has 0 saturated carbocycles. The third-order valence-corrected chi connectivity index (χ3v) is 7.32. The number of rotatable bonds is 7. The quantitative estimate of drug-likeness (QED) is 0.161. The van der Waals surface area contributed by atoms with Crippen LogP contribution in [-0.2, 0) is 6.42 Å². The number of unbranched alkanes of at least 4 members (excludes halogenated alkanes) is 1. The lowest BCUT2D eigenvalue weighted by molar-refractivity contribution is -0.384. The molecule has 0 bridgehead atoms. The van der Waals surface area contributed by atoms with Gasteiger partial charge in [-0.2, -0.15) is 0 Å². The highest BCUT2D eigenvalue weighted by Gasteiger charge is 2.41. The van der Waals surface area contributed by atoms with E-state index in [1.165, 1.54) is 23.5 Å². The van der Waals surface area contributed by atoms with Crippen LogP contribution in [0.25, 0.3) is 10.9 Å². The molecular formula is C27H25N5O3S. The van der Waals surface area contributed by atoms with Gasteiger partial charge in [-0.15, -0.1) is 17.8 Å². The van der Waals surface area contributed by atoms with Crippen LogP contribution in [0.15, 0.2) is 53.9 Å². The number of nitrogens with zero attached hydrogens (tertiary/aromatic N) is 3. The summed E-state index contributed by atoms with van der Waals surface area (Å²) in [5.41, 5.74) is 4.09. The predicted octanol–water partition coefficient (Wildman–Crippen LogP) is 5.02. The smallest absolute Gasteiger partial charge is 0.275 e. The van der Waals surface area contributed by atoms with E-state index in [4.69, 9.17) is 6.42 Å². The lowest BCUT2D eigenvalue weighted by Gasteiger charge is -2.42. The van der Waals surface area contributed by atoms with Crippen LogP contribution < -0.4 is 5.32 Å². The van der Waals surface area contributed by atoms with Crippen molar-refractivity contribution < 1.29 is 9.72 Å². The van der Waals surface area contributed by atoms with Gasteiger partial charge in [-0.1, -0.05) is 31.5 Å². The molecule has 1 aliphatic rings. The highest BCUT2D eigenvalue weighted by atomic mass is 32.1. The summed E-state index contributed by atoms with van der Waals surface area (Å²) in [6, 6.07) is 14.0. The molecule has 0 radical (unpaired) electrons. The number of thiazole rings is 1. The van der Waals surface area contributed by atoms with Gasteiger partial charge in [0.2, 0.25) is 0 Å². The first-order valence-corrected chi connectivity index (χ1v) is 12.7. The van der Waals surface area contributed by atoms with Crippen molar-refractivity contribution in [3.63, 3.8) is 0 Å². The van der Waals surface area contributed by atoms with Gasteiger partial charge < -0.3 is 9.88 Å². The second-order valence-electron chi connectivity index (χ2n) is 8.74. The fourth-order valence-corrected chi connectivity index (χ4v) is 5.43. The van der Waals surface area contributed by atoms with Gasteiger partial charge in [0.25, 0.3) is 11.6 Å². The molecular weight excluding hydrogens is 474 g/mol. The Bertz CT molecular complexity index is 1470. The Morgan fingerprint density at radius 1 is 1.31 bits per heavy atom. The molecule has 2 aromatic heterocycles. The Kier molecular flexibility index (Phi) is 6.55. The number of aromatic nitrogens is 2. The molecule has 182 valence electrons. The average Bonchev–Trinajstić information content (AvgIpc) is 3.53. The van der Waals surface area contributed by atoms with Crippen LogP contribution in [0.4, 0.5) is 5.69 Å². The van der Waals surface area contributed by atoms with Crippen LogP contribution in [0.3, 0.4) is 0 Å². The molecule has 9 heteroatoms. The molecule has 0 saturated heterocycles. The fourth-order valence-electron chi connectivity index (χ4n) is 4.84. The zero-order chi connectivity index (χ0) is 25.2. The molecule has 2 aromatic carbocycles. The number of hydrogen-bond acceptors (Lipinski definition) is 6. The van der Waals surface area contributed by atoms with Crippen LogP contribution in [-0.4, -0.2) is 38.4 Å². The third-order valence-electron chi connectivity index (χ3n) is 6.54.